The molecule has 0 N–H and O–H groups in total. The monoisotopic (exact) mass is 354 g/mol. The van der Waals surface area contributed by atoms with Gasteiger partial charge in [0.05, 0.1) is 11.2 Å². The number of benzene rings is 4. The van der Waals surface area contributed by atoms with E-state index < -0.39 is 0 Å². The molecule has 0 unspecified atom stereocenters. The molecule has 5 rings (SSSR count). The highest BCUT2D eigenvalue weighted by atomic mass is 16.7. The lowest BCUT2D eigenvalue weighted by Crippen LogP contribution is -2.41. The first-order valence-corrected chi connectivity index (χ1v) is 9.56. The highest BCUT2D eigenvalue weighted by molar-refractivity contribution is 6.65. The summed E-state index contributed by atoms with van der Waals surface area (Å²) in [6, 6.07) is 23.9. The Morgan fingerprint density at radius 3 is 1.89 bits per heavy atom. The molecular weight excluding hydrogens is 331 g/mol. The fourth-order valence-electron chi connectivity index (χ4n) is 4.06. The maximum atomic E-state index is 6.32. The van der Waals surface area contributed by atoms with Gasteiger partial charge in [0, 0.05) is 0 Å². The molecule has 0 amide bonds. The van der Waals surface area contributed by atoms with E-state index in [9.17, 15) is 0 Å². The van der Waals surface area contributed by atoms with Crippen LogP contribution < -0.4 is 5.46 Å². The van der Waals surface area contributed by atoms with Crippen LogP contribution in [0.3, 0.4) is 0 Å². The van der Waals surface area contributed by atoms with Crippen LogP contribution >= 0.6 is 0 Å². The van der Waals surface area contributed by atoms with Crippen LogP contribution in [0, 0.1) is 0 Å². The van der Waals surface area contributed by atoms with Crippen molar-refractivity contribution in [2.75, 3.05) is 0 Å². The molecule has 134 valence electrons. The van der Waals surface area contributed by atoms with E-state index in [1.807, 2.05) is 0 Å². The predicted octanol–water partition coefficient (Wildman–Crippen LogP) is 5.45. The van der Waals surface area contributed by atoms with Crippen molar-refractivity contribution in [2.45, 2.75) is 38.9 Å². The van der Waals surface area contributed by atoms with Gasteiger partial charge >= 0.3 is 7.12 Å². The van der Waals surface area contributed by atoms with Crippen LogP contribution in [0.15, 0.2) is 66.7 Å². The molecule has 0 spiro atoms. The second kappa shape index (κ2) is 5.57. The first kappa shape index (κ1) is 16.8. The molecule has 4 aromatic rings. The Bertz CT molecular complexity index is 1180. The number of hydrogen-bond acceptors (Lipinski definition) is 2. The molecule has 3 heteroatoms. The van der Waals surface area contributed by atoms with Crippen molar-refractivity contribution >= 4 is 44.9 Å². The van der Waals surface area contributed by atoms with Gasteiger partial charge < -0.3 is 9.31 Å². The Labute approximate surface area is 160 Å². The predicted molar refractivity (Wildman–Crippen MR) is 115 cm³/mol. The van der Waals surface area contributed by atoms with Gasteiger partial charge in [0.15, 0.2) is 0 Å². The zero-order valence-electron chi connectivity index (χ0n) is 16.2. The minimum atomic E-state index is -0.350. The Morgan fingerprint density at radius 2 is 1.11 bits per heavy atom. The number of rotatable bonds is 1. The van der Waals surface area contributed by atoms with Crippen LogP contribution in [-0.2, 0) is 9.31 Å². The van der Waals surface area contributed by atoms with Gasteiger partial charge in [-0.3, -0.25) is 0 Å². The van der Waals surface area contributed by atoms with Crippen LogP contribution in [0.2, 0.25) is 0 Å². The minimum absolute atomic E-state index is 0.340. The highest BCUT2D eigenvalue weighted by Gasteiger charge is 2.52. The van der Waals surface area contributed by atoms with Crippen molar-refractivity contribution in [3.63, 3.8) is 0 Å². The average molecular weight is 354 g/mol. The van der Waals surface area contributed by atoms with Crippen LogP contribution in [0.25, 0.3) is 32.3 Å². The standard InChI is InChI=1S/C24H23BO2/c1-23(2)24(3,4)27-25(26-23)22-11-7-10-18-20-13-12-16-8-5-6-9-17(16)19(20)14-15-21(18)22/h5-15H,1-4H3. The molecule has 1 heterocycles. The maximum Gasteiger partial charge on any atom is 0.495 e. The summed E-state index contributed by atoms with van der Waals surface area (Å²) in [5.74, 6) is 0. The first-order valence-electron chi connectivity index (χ1n) is 9.56. The molecule has 1 saturated heterocycles. The Kier molecular flexibility index (Phi) is 3.47. The molecule has 0 aromatic heterocycles. The van der Waals surface area contributed by atoms with Gasteiger partial charge in [0.25, 0.3) is 0 Å². The molecule has 2 nitrogen and oxygen atoms in total. The van der Waals surface area contributed by atoms with Gasteiger partial charge in [-0.15, -0.1) is 0 Å². The summed E-state index contributed by atoms with van der Waals surface area (Å²) < 4.78 is 12.6. The fraction of sp³-hybridized carbons (Fsp3) is 0.250. The van der Waals surface area contributed by atoms with Crippen molar-refractivity contribution < 1.29 is 9.31 Å². The molecular formula is C24H23BO2. The van der Waals surface area contributed by atoms with E-state index in [1.54, 1.807) is 0 Å². The molecule has 4 aromatic carbocycles. The Morgan fingerprint density at radius 1 is 0.556 bits per heavy atom. The number of fused-ring (bicyclic) bond motifs is 5. The third kappa shape index (κ3) is 2.42. The van der Waals surface area contributed by atoms with Gasteiger partial charge in [0.1, 0.15) is 0 Å². The average Bonchev–Trinajstić information content (AvgIpc) is 2.88. The molecule has 0 aliphatic carbocycles. The third-order valence-electron chi connectivity index (χ3n) is 6.32. The Balaban J connectivity index is 1.75. The molecule has 0 bridgehead atoms. The molecule has 0 atom stereocenters. The van der Waals surface area contributed by atoms with Crippen LogP contribution in [-0.4, -0.2) is 18.3 Å². The van der Waals surface area contributed by atoms with E-state index in [4.69, 9.17) is 9.31 Å². The van der Waals surface area contributed by atoms with Gasteiger partial charge in [0.2, 0.25) is 0 Å². The van der Waals surface area contributed by atoms with Crippen LogP contribution in [0.5, 0.6) is 0 Å². The summed E-state index contributed by atoms with van der Waals surface area (Å²) in [5.41, 5.74) is 0.418. The number of hydrogen-bond donors (Lipinski definition) is 0. The molecule has 1 aliphatic heterocycles. The summed E-state index contributed by atoms with van der Waals surface area (Å²) in [4.78, 5) is 0. The van der Waals surface area contributed by atoms with Crippen molar-refractivity contribution in [3.8, 4) is 0 Å². The van der Waals surface area contributed by atoms with Crippen LogP contribution in [0.4, 0.5) is 0 Å². The Hall–Kier alpha value is -2.36. The third-order valence-corrected chi connectivity index (χ3v) is 6.32. The lowest BCUT2D eigenvalue weighted by atomic mass is 9.75. The van der Waals surface area contributed by atoms with Crippen molar-refractivity contribution in [1.82, 2.24) is 0 Å². The highest BCUT2D eigenvalue weighted by Crippen LogP contribution is 2.37. The fourth-order valence-corrected chi connectivity index (χ4v) is 4.06. The zero-order chi connectivity index (χ0) is 18.8. The summed E-state index contributed by atoms with van der Waals surface area (Å²) in [7, 11) is -0.350. The summed E-state index contributed by atoms with van der Waals surface area (Å²) in [6.45, 7) is 8.39. The van der Waals surface area contributed by atoms with Crippen molar-refractivity contribution in [2.24, 2.45) is 0 Å². The summed E-state index contributed by atoms with van der Waals surface area (Å²) >= 11 is 0. The smallest absolute Gasteiger partial charge is 0.399 e. The van der Waals surface area contributed by atoms with E-state index in [2.05, 4.69) is 94.4 Å². The SMILES string of the molecule is CC1(C)OB(c2cccc3c2ccc2c4ccccc4ccc32)OC1(C)C. The lowest BCUT2D eigenvalue weighted by molar-refractivity contribution is 0.00578. The normalized spacial score (nSPS) is 18.6. The molecule has 1 aliphatic rings. The first-order chi connectivity index (χ1) is 12.9. The molecule has 27 heavy (non-hydrogen) atoms. The van der Waals surface area contributed by atoms with E-state index >= 15 is 0 Å². The van der Waals surface area contributed by atoms with E-state index in [1.165, 1.54) is 32.3 Å². The molecule has 0 saturated carbocycles. The van der Waals surface area contributed by atoms with E-state index in [0.717, 1.165) is 5.46 Å². The maximum absolute atomic E-state index is 6.32. The lowest BCUT2D eigenvalue weighted by Gasteiger charge is -2.32. The van der Waals surface area contributed by atoms with E-state index in [0.29, 0.717) is 0 Å². The van der Waals surface area contributed by atoms with E-state index in [-0.39, 0.29) is 18.3 Å². The topological polar surface area (TPSA) is 18.5 Å². The molecule has 1 fully saturated rings. The van der Waals surface area contributed by atoms with Crippen LogP contribution in [0.1, 0.15) is 27.7 Å². The van der Waals surface area contributed by atoms with Gasteiger partial charge in [-0.05, 0) is 65.5 Å². The summed E-state index contributed by atoms with van der Waals surface area (Å²) in [5, 5.41) is 7.55. The quantitative estimate of drug-likeness (QED) is 0.334. The van der Waals surface area contributed by atoms with Gasteiger partial charge in [-0.1, -0.05) is 66.7 Å². The van der Waals surface area contributed by atoms with Crippen molar-refractivity contribution in [1.29, 1.82) is 0 Å². The van der Waals surface area contributed by atoms with Gasteiger partial charge in [-0.2, -0.15) is 0 Å². The van der Waals surface area contributed by atoms with Gasteiger partial charge in [-0.25, -0.2) is 0 Å². The zero-order valence-corrected chi connectivity index (χ0v) is 16.2. The molecule has 0 radical (unpaired) electrons. The largest absolute Gasteiger partial charge is 0.495 e. The van der Waals surface area contributed by atoms with Crippen molar-refractivity contribution in [3.05, 3.63) is 66.7 Å². The summed E-state index contributed by atoms with van der Waals surface area (Å²) in [6.07, 6.45) is 0. The second-order valence-electron chi connectivity index (χ2n) is 8.48. The minimum Gasteiger partial charge on any atom is -0.399 e. The second-order valence-corrected chi connectivity index (χ2v) is 8.48.